The number of rotatable bonds is 8. The molecule has 1 unspecified atom stereocenters. The lowest BCUT2D eigenvalue weighted by molar-refractivity contribution is -0.125. The number of hydrogen-bond donors (Lipinski definition) is 1. The second-order valence-electron chi connectivity index (χ2n) is 5.28. The van der Waals surface area contributed by atoms with Crippen LogP contribution in [0, 0.1) is 16.7 Å². The maximum Gasteiger partial charge on any atom is 0.387 e. The normalized spacial score (nSPS) is 14.0. The summed E-state index contributed by atoms with van der Waals surface area (Å²) in [5, 5.41) is 8.72. The number of ether oxygens (including phenoxy) is 1. The number of benzene rings is 1. The monoisotopic (exact) mass is 346 g/mol. The molecule has 0 saturated heterocycles. The van der Waals surface area contributed by atoms with E-state index < -0.39 is 39.3 Å². The molecule has 9 heteroatoms. The zero-order valence-corrected chi connectivity index (χ0v) is 13.1. The van der Waals surface area contributed by atoms with Gasteiger partial charge in [0.05, 0.1) is 29.4 Å². The van der Waals surface area contributed by atoms with Gasteiger partial charge in [0, 0.05) is 5.56 Å². The summed E-state index contributed by atoms with van der Waals surface area (Å²) < 4.78 is 53.5. The van der Waals surface area contributed by atoms with Gasteiger partial charge in [-0.25, -0.2) is 8.42 Å². The van der Waals surface area contributed by atoms with E-state index in [9.17, 15) is 22.0 Å². The number of carbonyl (C=O) groups is 1. The van der Waals surface area contributed by atoms with E-state index in [1.165, 1.54) is 31.2 Å². The summed E-state index contributed by atoms with van der Waals surface area (Å²) in [6.07, 6.45) is -0.364. The van der Waals surface area contributed by atoms with E-state index >= 15 is 0 Å². The van der Waals surface area contributed by atoms with Crippen LogP contribution in [0.15, 0.2) is 24.3 Å². The Bertz CT molecular complexity index is 716. The van der Waals surface area contributed by atoms with Gasteiger partial charge in [-0.3, -0.25) is 4.79 Å². The van der Waals surface area contributed by atoms with Crippen LogP contribution in [-0.2, 0) is 20.4 Å². The highest BCUT2D eigenvalue weighted by Crippen LogP contribution is 2.27. The Kier molecular flexibility index (Phi) is 6.04. The summed E-state index contributed by atoms with van der Waals surface area (Å²) in [7, 11) is -3.89. The molecule has 0 aliphatic carbocycles. The van der Waals surface area contributed by atoms with E-state index in [1.54, 1.807) is 6.07 Å². The third kappa shape index (κ3) is 5.49. The van der Waals surface area contributed by atoms with E-state index in [0.29, 0.717) is 0 Å². The standard InChI is InChI=1S/C14H16F2N2O4S/c1-14(6-7-17,12(18)19)9-23(20,21)8-10-4-2-3-5-11(10)22-13(15)16/h2-5,13H,6,8-9H2,1H3,(H2,18,19). The molecule has 0 fully saturated rings. The molecule has 0 bridgehead atoms. The van der Waals surface area contributed by atoms with Crippen LogP contribution in [0.2, 0.25) is 0 Å². The molecule has 23 heavy (non-hydrogen) atoms. The summed E-state index contributed by atoms with van der Waals surface area (Å²) in [6.45, 7) is -1.81. The maximum atomic E-state index is 12.3. The first-order valence-electron chi connectivity index (χ1n) is 6.49. The molecule has 0 aromatic heterocycles. The average Bonchev–Trinajstić information content (AvgIpc) is 2.39. The van der Waals surface area contributed by atoms with E-state index in [1.807, 2.05) is 0 Å². The number of nitrogens with two attached hydrogens (primary N) is 1. The molecule has 1 amide bonds. The fraction of sp³-hybridized carbons (Fsp3) is 0.429. The van der Waals surface area contributed by atoms with Crippen molar-refractivity contribution in [1.82, 2.24) is 0 Å². The minimum Gasteiger partial charge on any atom is -0.435 e. The van der Waals surface area contributed by atoms with Crippen molar-refractivity contribution in [3.05, 3.63) is 29.8 Å². The fourth-order valence-electron chi connectivity index (χ4n) is 1.99. The summed E-state index contributed by atoms with van der Waals surface area (Å²) in [5.74, 6) is -2.44. The fourth-order valence-corrected chi connectivity index (χ4v) is 4.02. The molecule has 0 radical (unpaired) electrons. The highest BCUT2D eigenvalue weighted by Gasteiger charge is 2.36. The summed E-state index contributed by atoms with van der Waals surface area (Å²) in [6, 6.07) is 7.19. The van der Waals surface area contributed by atoms with Gasteiger partial charge in [-0.2, -0.15) is 14.0 Å². The Morgan fingerprint density at radius 2 is 2.04 bits per heavy atom. The number of para-hydroxylation sites is 1. The Hall–Kier alpha value is -2.21. The van der Waals surface area contributed by atoms with Crippen LogP contribution in [0.4, 0.5) is 8.78 Å². The number of alkyl halides is 2. The molecule has 2 N–H and O–H groups in total. The highest BCUT2D eigenvalue weighted by atomic mass is 32.2. The number of primary amides is 1. The van der Waals surface area contributed by atoms with Crippen LogP contribution in [0.1, 0.15) is 18.9 Å². The first kappa shape index (κ1) is 18.8. The molecule has 0 heterocycles. The van der Waals surface area contributed by atoms with Crippen LogP contribution < -0.4 is 10.5 Å². The summed E-state index contributed by atoms with van der Waals surface area (Å²) >= 11 is 0. The Morgan fingerprint density at radius 3 is 2.57 bits per heavy atom. The van der Waals surface area contributed by atoms with Gasteiger partial charge in [-0.05, 0) is 13.0 Å². The van der Waals surface area contributed by atoms with Crippen LogP contribution in [0.25, 0.3) is 0 Å². The number of nitrogens with zero attached hydrogens (tertiary/aromatic N) is 1. The molecule has 6 nitrogen and oxygen atoms in total. The molecular formula is C14H16F2N2O4S. The lowest BCUT2D eigenvalue weighted by Crippen LogP contribution is -2.40. The zero-order valence-electron chi connectivity index (χ0n) is 12.3. The lowest BCUT2D eigenvalue weighted by Gasteiger charge is -2.22. The van der Waals surface area contributed by atoms with Crippen molar-refractivity contribution >= 4 is 15.7 Å². The zero-order chi connectivity index (χ0) is 17.7. The molecule has 0 saturated carbocycles. The van der Waals surface area contributed by atoms with Crippen LogP contribution >= 0.6 is 0 Å². The summed E-state index contributed by atoms with van der Waals surface area (Å²) in [4.78, 5) is 11.4. The van der Waals surface area contributed by atoms with Crippen LogP contribution in [0.3, 0.4) is 0 Å². The van der Waals surface area contributed by atoms with Crippen molar-refractivity contribution in [2.75, 3.05) is 5.75 Å². The van der Waals surface area contributed by atoms with Gasteiger partial charge in [-0.15, -0.1) is 0 Å². The Labute approximate surface area is 132 Å². The van der Waals surface area contributed by atoms with Crippen molar-refractivity contribution in [1.29, 1.82) is 5.26 Å². The maximum absolute atomic E-state index is 12.3. The van der Waals surface area contributed by atoms with Crippen LogP contribution in [0.5, 0.6) is 5.75 Å². The average molecular weight is 346 g/mol. The van der Waals surface area contributed by atoms with Gasteiger partial charge in [-0.1, -0.05) is 18.2 Å². The quantitative estimate of drug-likeness (QED) is 0.769. The van der Waals surface area contributed by atoms with Gasteiger partial charge in [0.2, 0.25) is 5.91 Å². The lowest BCUT2D eigenvalue weighted by atomic mass is 9.89. The topological polar surface area (TPSA) is 110 Å². The third-order valence-electron chi connectivity index (χ3n) is 3.17. The van der Waals surface area contributed by atoms with Crippen molar-refractivity contribution in [3.8, 4) is 11.8 Å². The molecule has 1 aromatic rings. The molecule has 0 spiro atoms. The summed E-state index contributed by atoms with van der Waals surface area (Å²) in [5.41, 5.74) is 3.66. The van der Waals surface area contributed by atoms with E-state index in [4.69, 9.17) is 11.0 Å². The van der Waals surface area contributed by atoms with E-state index in [2.05, 4.69) is 4.74 Å². The van der Waals surface area contributed by atoms with Gasteiger partial charge in [0.25, 0.3) is 0 Å². The Morgan fingerprint density at radius 1 is 1.43 bits per heavy atom. The molecular weight excluding hydrogens is 330 g/mol. The van der Waals surface area contributed by atoms with Crippen molar-refractivity contribution < 1.29 is 26.7 Å². The van der Waals surface area contributed by atoms with Gasteiger partial charge >= 0.3 is 6.61 Å². The largest absolute Gasteiger partial charge is 0.435 e. The number of halogens is 2. The van der Waals surface area contributed by atoms with E-state index in [0.717, 1.165) is 0 Å². The number of amides is 1. The number of sulfone groups is 1. The van der Waals surface area contributed by atoms with Crippen molar-refractivity contribution in [2.45, 2.75) is 25.7 Å². The second-order valence-corrected chi connectivity index (χ2v) is 7.34. The van der Waals surface area contributed by atoms with Gasteiger partial charge in [0.15, 0.2) is 9.84 Å². The minimum absolute atomic E-state index is 0.0385. The first-order valence-corrected chi connectivity index (χ1v) is 8.32. The van der Waals surface area contributed by atoms with Crippen molar-refractivity contribution in [2.24, 2.45) is 11.1 Å². The van der Waals surface area contributed by atoms with Gasteiger partial charge < -0.3 is 10.5 Å². The minimum atomic E-state index is -3.89. The molecule has 0 aliphatic heterocycles. The SMILES string of the molecule is CC(CC#N)(CS(=O)(=O)Cc1ccccc1OC(F)F)C(N)=O. The number of carbonyl (C=O) groups excluding carboxylic acids is 1. The van der Waals surface area contributed by atoms with Crippen molar-refractivity contribution in [3.63, 3.8) is 0 Å². The third-order valence-corrected chi connectivity index (χ3v) is 4.99. The second kappa shape index (κ2) is 7.37. The molecule has 0 aliphatic rings. The Balaban J connectivity index is 3.04. The molecule has 1 atom stereocenters. The smallest absolute Gasteiger partial charge is 0.387 e. The molecule has 126 valence electrons. The predicted octanol–water partition coefficient (Wildman–Crippen LogP) is 1.61. The molecule has 1 aromatic carbocycles. The predicted molar refractivity (Wildman–Crippen MR) is 78.1 cm³/mol. The highest BCUT2D eigenvalue weighted by molar-refractivity contribution is 7.90. The van der Waals surface area contributed by atoms with E-state index in [-0.39, 0.29) is 17.7 Å². The van der Waals surface area contributed by atoms with Crippen LogP contribution in [-0.4, -0.2) is 26.7 Å². The number of hydrogen-bond acceptors (Lipinski definition) is 5. The molecule has 1 rings (SSSR count). The first-order chi connectivity index (χ1) is 10.6. The van der Waals surface area contributed by atoms with Gasteiger partial charge in [0.1, 0.15) is 5.75 Å². The number of nitriles is 1.